The minimum atomic E-state index is -0.546. The number of amides is 1. The maximum absolute atomic E-state index is 11.3. The van der Waals surface area contributed by atoms with Gasteiger partial charge in [-0.25, -0.2) is 4.98 Å². The molecule has 5 nitrogen and oxygen atoms in total. The van der Waals surface area contributed by atoms with E-state index in [-0.39, 0.29) is 0 Å². The Bertz CT molecular complexity index is 764. The van der Waals surface area contributed by atoms with Crippen molar-refractivity contribution in [1.29, 1.82) is 0 Å². The van der Waals surface area contributed by atoms with Crippen LogP contribution < -0.4 is 16.8 Å². The third-order valence-electron chi connectivity index (χ3n) is 2.91. The molecule has 0 aliphatic carbocycles. The van der Waals surface area contributed by atoms with Gasteiger partial charge in [0.05, 0.1) is 27.2 Å². The fourth-order valence-electron chi connectivity index (χ4n) is 1.93. The summed E-state index contributed by atoms with van der Waals surface area (Å²) in [4.78, 5) is 15.7. The van der Waals surface area contributed by atoms with Gasteiger partial charge in [-0.3, -0.25) is 4.79 Å². The van der Waals surface area contributed by atoms with E-state index in [1.54, 1.807) is 18.2 Å². The van der Waals surface area contributed by atoms with E-state index < -0.39 is 5.91 Å². The van der Waals surface area contributed by atoms with E-state index in [1.807, 2.05) is 24.3 Å². The van der Waals surface area contributed by atoms with Gasteiger partial charge in [0.1, 0.15) is 0 Å². The largest absolute Gasteiger partial charge is 0.396 e. The van der Waals surface area contributed by atoms with Crippen LogP contribution in [0.15, 0.2) is 42.5 Å². The van der Waals surface area contributed by atoms with Crippen LogP contribution in [-0.4, -0.2) is 10.9 Å². The number of nitrogens with zero attached hydrogens (tertiary/aromatic N) is 1. The van der Waals surface area contributed by atoms with Gasteiger partial charge in [0.2, 0.25) is 0 Å². The summed E-state index contributed by atoms with van der Waals surface area (Å²) in [7, 11) is 0. The molecule has 5 N–H and O–H groups in total. The second-order valence-electron chi connectivity index (χ2n) is 4.24. The molecule has 0 unspecified atom stereocenters. The molecule has 2 aromatic carbocycles. The Kier molecular flexibility index (Phi) is 3.00. The highest BCUT2D eigenvalue weighted by molar-refractivity contribution is 7.22. The zero-order valence-corrected chi connectivity index (χ0v) is 11.3. The number of aromatic nitrogens is 1. The predicted octanol–water partition coefficient (Wildman–Crippen LogP) is 2.72. The molecule has 1 heterocycles. The van der Waals surface area contributed by atoms with Gasteiger partial charge < -0.3 is 16.8 Å². The number of fused-ring (bicyclic) bond motifs is 1. The first-order valence-corrected chi connectivity index (χ1v) is 6.77. The molecular weight excluding hydrogens is 272 g/mol. The van der Waals surface area contributed by atoms with Crippen LogP contribution in [0.2, 0.25) is 0 Å². The van der Waals surface area contributed by atoms with Crippen molar-refractivity contribution in [3.63, 3.8) is 0 Å². The Labute approximate surface area is 119 Å². The molecule has 6 heteroatoms. The second-order valence-corrected chi connectivity index (χ2v) is 5.27. The van der Waals surface area contributed by atoms with Gasteiger partial charge in [-0.1, -0.05) is 29.5 Å². The van der Waals surface area contributed by atoms with E-state index in [4.69, 9.17) is 11.5 Å². The number of benzene rings is 2. The van der Waals surface area contributed by atoms with E-state index >= 15 is 0 Å². The molecule has 3 aromatic rings. The Hall–Kier alpha value is -2.60. The number of para-hydroxylation sites is 2. The molecule has 1 aromatic heterocycles. The SMILES string of the molecule is NC(=O)c1cccc(Nc2nc3ccccc3s2)c1N. The van der Waals surface area contributed by atoms with E-state index in [2.05, 4.69) is 10.3 Å². The molecule has 0 spiro atoms. The minimum Gasteiger partial charge on any atom is -0.396 e. The number of primary amides is 1. The van der Waals surface area contributed by atoms with Gasteiger partial charge in [-0.05, 0) is 24.3 Å². The van der Waals surface area contributed by atoms with Gasteiger partial charge in [-0.2, -0.15) is 0 Å². The lowest BCUT2D eigenvalue weighted by atomic mass is 10.1. The lowest BCUT2D eigenvalue weighted by Crippen LogP contribution is -2.14. The number of hydrogen-bond acceptors (Lipinski definition) is 5. The zero-order valence-electron chi connectivity index (χ0n) is 10.5. The summed E-state index contributed by atoms with van der Waals surface area (Å²) in [6.07, 6.45) is 0. The van der Waals surface area contributed by atoms with Crippen LogP contribution in [0, 0.1) is 0 Å². The van der Waals surface area contributed by atoms with E-state index in [0.29, 0.717) is 16.9 Å². The number of thiazole rings is 1. The molecule has 0 fully saturated rings. The molecule has 100 valence electrons. The maximum Gasteiger partial charge on any atom is 0.250 e. The summed E-state index contributed by atoms with van der Waals surface area (Å²) in [6, 6.07) is 13.0. The van der Waals surface area contributed by atoms with Crippen molar-refractivity contribution in [2.24, 2.45) is 5.73 Å². The van der Waals surface area contributed by atoms with Crippen molar-refractivity contribution < 1.29 is 4.79 Å². The molecule has 0 saturated carbocycles. The molecule has 0 saturated heterocycles. The minimum absolute atomic E-state index is 0.302. The van der Waals surface area contributed by atoms with E-state index in [1.165, 1.54) is 11.3 Å². The van der Waals surface area contributed by atoms with Crippen molar-refractivity contribution in [2.75, 3.05) is 11.1 Å². The smallest absolute Gasteiger partial charge is 0.250 e. The van der Waals surface area contributed by atoms with Crippen molar-refractivity contribution >= 4 is 44.0 Å². The van der Waals surface area contributed by atoms with Gasteiger partial charge in [-0.15, -0.1) is 0 Å². The molecule has 0 aliphatic rings. The van der Waals surface area contributed by atoms with Crippen molar-refractivity contribution in [3.8, 4) is 0 Å². The molecule has 0 atom stereocenters. The molecule has 20 heavy (non-hydrogen) atoms. The fourth-order valence-corrected chi connectivity index (χ4v) is 2.81. The Morgan fingerprint density at radius 3 is 2.70 bits per heavy atom. The van der Waals surface area contributed by atoms with Crippen LogP contribution in [0.25, 0.3) is 10.2 Å². The van der Waals surface area contributed by atoms with E-state index in [0.717, 1.165) is 15.3 Å². The number of nitrogens with two attached hydrogens (primary N) is 2. The third-order valence-corrected chi connectivity index (χ3v) is 3.86. The lowest BCUT2D eigenvalue weighted by Gasteiger charge is -2.08. The van der Waals surface area contributed by atoms with Gasteiger partial charge in [0, 0.05) is 0 Å². The second kappa shape index (κ2) is 4.82. The summed E-state index contributed by atoms with van der Waals surface area (Å²) in [5.74, 6) is -0.546. The Morgan fingerprint density at radius 1 is 1.15 bits per heavy atom. The number of anilines is 3. The van der Waals surface area contributed by atoms with Crippen LogP contribution in [0.1, 0.15) is 10.4 Å². The number of hydrogen-bond donors (Lipinski definition) is 3. The van der Waals surface area contributed by atoms with Gasteiger partial charge in [0.25, 0.3) is 5.91 Å². The molecule has 0 bridgehead atoms. The average Bonchev–Trinajstić information content (AvgIpc) is 2.83. The van der Waals surface area contributed by atoms with Crippen LogP contribution in [0.3, 0.4) is 0 Å². The highest BCUT2D eigenvalue weighted by Crippen LogP contribution is 2.31. The topological polar surface area (TPSA) is 94.0 Å². The number of nitrogens with one attached hydrogen (secondary N) is 1. The number of carbonyl (C=O) groups is 1. The normalized spacial score (nSPS) is 10.6. The molecule has 1 amide bonds. The summed E-state index contributed by atoms with van der Waals surface area (Å²) >= 11 is 1.52. The first kappa shape index (κ1) is 12.4. The van der Waals surface area contributed by atoms with Crippen molar-refractivity contribution in [1.82, 2.24) is 4.98 Å². The average molecular weight is 284 g/mol. The van der Waals surface area contributed by atoms with Crippen LogP contribution in [-0.2, 0) is 0 Å². The van der Waals surface area contributed by atoms with Gasteiger partial charge >= 0.3 is 0 Å². The molecule has 3 rings (SSSR count). The summed E-state index contributed by atoms with van der Waals surface area (Å²) in [5.41, 5.74) is 13.4. The zero-order chi connectivity index (χ0) is 14.1. The first-order valence-electron chi connectivity index (χ1n) is 5.96. The molecule has 0 radical (unpaired) electrons. The number of nitrogen functional groups attached to an aromatic ring is 1. The fraction of sp³-hybridized carbons (Fsp3) is 0. The predicted molar refractivity (Wildman–Crippen MR) is 82.3 cm³/mol. The van der Waals surface area contributed by atoms with Crippen molar-refractivity contribution in [3.05, 3.63) is 48.0 Å². The van der Waals surface area contributed by atoms with Gasteiger partial charge in [0.15, 0.2) is 5.13 Å². The van der Waals surface area contributed by atoms with Crippen LogP contribution >= 0.6 is 11.3 Å². The summed E-state index contributed by atoms with van der Waals surface area (Å²) < 4.78 is 1.08. The summed E-state index contributed by atoms with van der Waals surface area (Å²) in [5, 5.41) is 3.85. The Balaban J connectivity index is 1.98. The quantitative estimate of drug-likeness (QED) is 0.644. The lowest BCUT2D eigenvalue weighted by molar-refractivity contribution is 0.100. The first-order chi connectivity index (χ1) is 9.65. The monoisotopic (exact) mass is 284 g/mol. The number of rotatable bonds is 3. The Morgan fingerprint density at radius 2 is 1.95 bits per heavy atom. The number of carbonyl (C=O) groups excluding carboxylic acids is 1. The standard InChI is InChI=1S/C14H12N4OS/c15-12-8(13(16)19)4-3-6-10(12)18-14-17-9-5-1-2-7-11(9)20-14/h1-7H,15H2,(H2,16,19)(H,17,18). The van der Waals surface area contributed by atoms with Crippen molar-refractivity contribution in [2.45, 2.75) is 0 Å². The summed E-state index contributed by atoms with van der Waals surface area (Å²) in [6.45, 7) is 0. The molecular formula is C14H12N4OS. The van der Waals surface area contributed by atoms with Crippen LogP contribution in [0.5, 0.6) is 0 Å². The maximum atomic E-state index is 11.3. The highest BCUT2D eigenvalue weighted by atomic mass is 32.1. The molecule has 0 aliphatic heterocycles. The highest BCUT2D eigenvalue weighted by Gasteiger charge is 2.11. The van der Waals surface area contributed by atoms with E-state index in [9.17, 15) is 4.79 Å². The third kappa shape index (κ3) is 2.17. The van der Waals surface area contributed by atoms with Crippen LogP contribution in [0.4, 0.5) is 16.5 Å².